The number of rotatable bonds is 4. The van der Waals surface area contributed by atoms with Gasteiger partial charge in [-0.3, -0.25) is 0 Å². The van der Waals surface area contributed by atoms with Crippen LogP contribution >= 0.6 is 0 Å². The molecular weight excluding hydrogens is 669 g/mol. The van der Waals surface area contributed by atoms with Gasteiger partial charge in [-0.2, -0.15) is 0 Å². The summed E-state index contributed by atoms with van der Waals surface area (Å²) >= 11 is 0. The lowest BCUT2D eigenvalue weighted by atomic mass is 9.92. The van der Waals surface area contributed by atoms with Gasteiger partial charge in [0.1, 0.15) is 11.5 Å². The molecule has 1 aliphatic rings. The summed E-state index contributed by atoms with van der Waals surface area (Å²) in [5, 5.41) is 7.33. The fraction of sp³-hybridized carbons (Fsp3) is 0. The second kappa shape index (κ2) is 11.6. The Labute approximate surface area is 317 Å². The lowest BCUT2D eigenvalue weighted by Gasteiger charge is -2.22. The van der Waals surface area contributed by atoms with Gasteiger partial charge in [-0.15, -0.1) is 0 Å². The van der Waals surface area contributed by atoms with Crippen molar-refractivity contribution in [3.05, 3.63) is 194 Å². The third-order valence-corrected chi connectivity index (χ3v) is 11.5. The molecule has 12 rings (SSSR count). The van der Waals surface area contributed by atoms with E-state index in [2.05, 4.69) is 197 Å². The Hall–Kier alpha value is -7.36. The van der Waals surface area contributed by atoms with Crippen LogP contribution in [0.3, 0.4) is 0 Å². The van der Waals surface area contributed by atoms with Crippen molar-refractivity contribution in [3.8, 4) is 56.3 Å². The SMILES string of the molecule is c1ccc(-c2ccc3c4ccc(-c5ccccc5)cc4n(-c4ccc(-n5c6ccccc6c6c7cccc8c7c(cc65)-c5ccccc5O8)cc4)c3c2)cc1. The van der Waals surface area contributed by atoms with Crippen LogP contribution in [-0.4, -0.2) is 9.13 Å². The molecule has 0 N–H and O–H groups in total. The fourth-order valence-electron chi connectivity index (χ4n) is 9.05. The van der Waals surface area contributed by atoms with Crippen LogP contribution in [0.1, 0.15) is 0 Å². The molecule has 2 aromatic heterocycles. The molecule has 0 saturated heterocycles. The average Bonchev–Trinajstić information content (AvgIpc) is 3.76. The van der Waals surface area contributed by atoms with E-state index in [1.165, 1.54) is 82.2 Å². The van der Waals surface area contributed by atoms with Crippen molar-refractivity contribution in [3.63, 3.8) is 0 Å². The predicted octanol–water partition coefficient (Wildman–Crippen LogP) is 14.1. The standard InChI is InChI=1S/C52H32N2O/c1-3-12-33(13-4-1)35-22-28-39-40-29-23-36(34-14-5-2-6-15-34)31-47(40)54(46(39)30-35)38-26-24-37(25-27-38)53-45-19-9-7-17-42(45)51-43-18-11-21-50-52(43)44(32-48(51)53)41-16-8-10-20-49(41)55-50/h1-32H. The van der Waals surface area contributed by atoms with E-state index in [0.717, 1.165) is 28.4 Å². The number of benzene rings is 9. The Morgan fingerprint density at radius 2 is 0.836 bits per heavy atom. The van der Waals surface area contributed by atoms with Gasteiger partial charge in [-0.1, -0.05) is 133 Å². The van der Waals surface area contributed by atoms with Crippen LogP contribution in [0.25, 0.3) is 99.1 Å². The third kappa shape index (κ3) is 4.44. The number of hydrogen-bond donors (Lipinski definition) is 0. The molecule has 3 heterocycles. The lowest BCUT2D eigenvalue weighted by molar-refractivity contribution is 0.487. The Morgan fingerprint density at radius 3 is 1.51 bits per heavy atom. The van der Waals surface area contributed by atoms with Crippen LogP contribution in [0.4, 0.5) is 0 Å². The smallest absolute Gasteiger partial charge is 0.135 e. The van der Waals surface area contributed by atoms with Crippen molar-refractivity contribution in [2.75, 3.05) is 0 Å². The highest BCUT2D eigenvalue weighted by atomic mass is 16.5. The molecule has 0 fully saturated rings. The number of hydrogen-bond acceptors (Lipinski definition) is 1. The van der Waals surface area contributed by atoms with Gasteiger partial charge in [0.25, 0.3) is 0 Å². The summed E-state index contributed by atoms with van der Waals surface area (Å²) in [6.45, 7) is 0. The average molecular weight is 701 g/mol. The molecule has 0 atom stereocenters. The summed E-state index contributed by atoms with van der Waals surface area (Å²) < 4.78 is 11.3. The Bertz CT molecular complexity index is 3220. The van der Waals surface area contributed by atoms with Crippen LogP contribution in [0.15, 0.2) is 194 Å². The van der Waals surface area contributed by atoms with Gasteiger partial charge in [0.15, 0.2) is 0 Å². The van der Waals surface area contributed by atoms with E-state index in [1.807, 2.05) is 6.07 Å². The molecule has 55 heavy (non-hydrogen) atoms. The van der Waals surface area contributed by atoms with Crippen LogP contribution in [0, 0.1) is 0 Å². The fourth-order valence-corrected chi connectivity index (χ4v) is 9.05. The maximum absolute atomic E-state index is 6.47. The molecule has 0 unspecified atom stereocenters. The molecule has 11 aromatic rings. The largest absolute Gasteiger partial charge is 0.456 e. The zero-order chi connectivity index (χ0) is 36.0. The lowest BCUT2D eigenvalue weighted by Crippen LogP contribution is -1.99. The summed E-state index contributed by atoms with van der Waals surface area (Å²) in [6, 6.07) is 70.2. The maximum Gasteiger partial charge on any atom is 0.135 e. The third-order valence-electron chi connectivity index (χ3n) is 11.5. The van der Waals surface area contributed by atoms with E-state index in [1.54, 1.807) is 0 Å². The quantitative estimate of drug-likeness (QED) is 0.179. The van der Waals surface area contributed by atoms with Crippen LogP contribution in [-0.2, 0) is 0 Å². The van der Waals surface area contributed by atoms with Gasteiger partial charge in [-0.25, -0.2) is 0 Å². The van der Waals surface area contributed by atoms with Gasteiger partial charge >= 0.3 is 0 Å². The van der Waals surface area contributed by atoms with E-state index >= 15 is 0 Å². The Morgan fingerprint density at radius 1 is 0.291 bits per heavy atom. The molecule has 0 saturated carbocycles. The molecule has 256 valence electrons. The predicted molar refractivity (Wildman–Crippen MR) is 229 cm³/mol. The number of nitrogens with zero attached hydrogens (tertiary/aromatic N) is 2. The first-order valence-electron chi connectivity index (χ1n) is 18.8. The topological polar surface area (TPSA) is 19.1 Å². The highest BCUT2D eigenvalue weighted by Gasteiger charge is 2.24. The second-order valence-corrected chi connectivity index (χ2v) is 14.5. The Kier molecular flexibility index (Phi) is 6.34. The first-order valence-corrected chi connectivity index (χ1v) is 18.8. The number of para-hydroxylation sites is 2. The number of aromatic nitrogens is 2. The minimum atomic E-state index is 0.894. The molecule has 0 radical (unpaired) electrons. The first-order chi connectivity index (χ1) is 27.3. The molecule has 0 bridgehead atoms. The van der Waals surface area contributed by atoms with Crippen LogP contribution in [0.2, 0.25) is 0 Å². The molecule has 9 aromatic carbocycles. The van der Waals surface area contributed by atoms with E-state index in [-0.39, 0.29) is 0 Å². The van der Waals surface area contributed by atoms with Gasteiger partial charge in [0.2, 0.25) is 0 Å². The van der Waals surface area contributed by atoms with Crippen molar-refractivity contribution in [1.82, 2.24) is 9.13 Å². The summed E-state index contributed by atoms with van der Waals surface area (Å²) in [7, 11) is 0. The normalized spacial score (nSPS) is 12.1. The summed E-state index contributed by atoms with van der Waals surface area (Å²) in [5.41, 5.74) is 14.1. The van der Waals surface area contributed by atoms with Gasteiger partial charge < -0.3 is 13.9 Å². The summed E-state index contributed by atoms with van der Waals surface area (Å²) in [4.78, 5) is 0. The first kappa shape index (κ1) is 30.1. The van der Waals surface area contributed by atoms with Crippen molar-refractivity contribution in [2.24, 2.45) is 0 Å². The number of fused-ring (bicyclic) bond motifs is 9. The molecular formula is C52H32N2O. The minimum Gasteiger partial charge on any atom is -0.456 e. The summed E-state index contributed by atoms with van der Waals surface area (Å²) in [5.74, 6) is 1.80. The van der Waals surface area contributed by atoms with E-state index in [9.17, 15) is 0 Å². The number of ether oxygens (including phenoxy) is 1. The van der Waals surface area contributed by atoms with Crippen molar-refractivity contribution >= 4 is 54.4 Å². The van der Waals surface area contributed by atoms with Crippen LogP contribution in [0.5, 0.6) is 11.5 Å². The zero-order valence-electron chi connectivity index (χ0n) is 29.8. The van der Waals surface area contributed by atoms with Gasteiger partial charge in [0, 0.05) is 43.9 Å². The van der Waals surface area contributed by atoms with Crippen molar-refractivity contribution in [1.29, 1.82) is 0 Å². The highest BCUT2D eigenvalue weighted by Crippen LogP contribution is 2.50. The molecule has 3 heteroatoms. The molecule has 0 spiro atoms. The minimum absolute atomic E-state index is 0.894. The molecule has 3 nitrogen and oxygen atoms in total. The van der Waals surface area contributed by atoms with E-state index in [0.29, 0.717) is 0 Å². The molecule has 1 aliphatic heterocycles. The van der Waals surface area contributed by atoms with Crippen LogP contribution < -0.4 is 4.74 Å². The monoisotopic (exact) mass is 700 g/mol. The van der Waals surface area contributed by atoms with E-state index in [4.69, 9.17) is 4.74 Å². The van der Waals surface area contributed by atoms with Crippen molar-refractivity contribution in [2.45, 2.75) is 0 Å². The zero-order valence-corrected chi connectivity index (χ0v) is 29.8. The molecule has 0 amide bonds. The van der Waals surface area contributed by atoms with E-state index < -0.39 is 0 Å². The van der Waals surface area contributed by atoms with Crippen molar-refractivity contribution < 1.29 is 4.74 Å². The van der Waals surface area contributed by atoms with Gasteiger partial charge in [-0.05, 0) is 93.9 Å². The maximum atomic E-state index is 6.47. The van der Waals surface area contributed by atoms with Gasteiger partial charge in [0.05, 0.1) is 22.1 Å². The molecule has 0 aliphatic carbocycles. The second-order valence-electron chi connectivity index (χ2n) is 14.5. The summed E-state index contributed by atoms with van der Waals surface area (Å²) in [6.07, 6.45) is 0. The highest BCUT2D eigenvalue weighted by molar-refractivity contribution is 6.26. The Balaban J connectivity index is 1.09.